The molecule has 0 atom stereocenters. The maximum absolute atomic E-state index is 12.4. The molecular weight excluding hydrogens is 390 g/mol. The van der Waals surface area contributed by atoms with Crippen LogP contribution in [0.1, 0.15) is 32.3 Å². The summed E-state index contributed by atoms with van der Waals surface area (Å²) in [6, 6.07) is 13.4. The van der Waals surface area contributed by atoms with Gasteiger partial charge >= 0.3 is 0 Å². The number of amides is 2. The lowest BCUT2D eigenvalue weighted by Gasteiger charge is -2.20. The van der Waals surface area contributed by atoms with Crippen LogP contribution in [0.2, 0.25) is 0 Å². The number of carbonyl (C=O) groups is 2. The van der Waals surface area contributed by atoms with E-state index in [1.165, 1.54) is 7.11 Å². The molecule has 1 N–H and O–H groups in total. The van der Waals surface area contributed by atoms with Gasteiger partial charge in [0, 0.05) is 24.6 Å². The van der Waals surface area contributed by atoms with Gasteiger partial charge in [0.15, 0.2) is 11.5 Å². The Morgan fingerprint density at radius 3 is 2.69 bits per heavy atom. The first kappa shape index (κ1) is 20.8. The zero-order chi connectivity index (χ0) is 20.6. The number of carbonyl (C=O) groups excluding carboxylic acids is 2. The molecule has 152 valence electrons. The molecule has 2 heterocycles. The predicted octanol–water partition coefficient (Wildman–Crippen LogP) is 3.15. The molecule has 2 amide bonds. The van der Waals surface area contributed by atoms with Crippen LogP contribution in [0.4, 0.5) is 0 Å². The van der Waals surface area contributed by atoms with Crippen molar-refractivity contribution in [2.45, 2.75) is 26.6 Å². The first-order valence-corrected chi connectivity index (χ1v) is 10.0. The van der Waals surface area contributed by atoms with Gasteiger partial charge in [-0.3, -0.25) is 9.59 Å². The van der Waals surface area contributed by atoms with Crippen molar-refractivity contribution in [2.24, 2.45) is 0 Å². The number of aromatic nitrogens is 1. The Morgan fingerprint density at radius 2 is 2.00 bits per heavy atom. The number of rotatable bonds is 9. The molecule has 0 fully saturated rings. The molecule has 3 aromatic rings. The smallest absolute Gasteiger partial charge is 0.273 e. The highest BCUT2D eigenvalue weighted by atomic mass is 32.1. The van der Waals surface area contributed by atoms with Crippen LogP contribution >= 0.6 is 11.3 Å². The molecule has 3 rings (SSSR count). The fourth-order valence-corrected chi connectivity index (χ4v) is 3.42. The van der Waals surface area contributed by atoms with E-state index in [4.69, 9.17) is 9.26 Å². The maximum Gasteiger partial charge on any atom is 0.273 e. The third kappa shape index (κ3) is 6.00. The molecule has 0 aliphatic rings. The summed E-state index contributed by atoms with van der Waals surface area (Å²) in [7, 11) is 1.48. The molecule has 7 nitrogen and oxygen atoms in total. The monoisotopic (exact) mass is 413 g/mol. The summed E-state index contributed by atoms with van der Waals surface area (Å²) in [6.45, 7) is 3.04. The highest BCUT2D eigenvalue weighted by Gasteiger charge is 2.19. The first-order chi connectivity index (χ1) is 14.0. The van der Waals surface area contributed by atoms with Crippen LogP contribution in [0.3, 0.4) is 0 Å². The van der Waals surface area contributed by atoms with E-state index in [0.717, 1.165) is 16.0 Å². The maximum atomic E-state index is 12.4. The first-order valence-electron chi connectivity index (χ1n) is 9.13. The van der Waals surface area contributed by atoms with Gasteiger partial charge in [-0.1, -0.05) is 41.1 Å². The van der Waals surface area contributed by atoms with Gasteiger partial charge in [-0.15, -0.1) is 11.3 Å². The fraction of sp³-hybridized carbons (Fsp3) is 0.286. The highest BCUT2D eigenvalue weighted by molar-refractivity contribution is 7.09. The Bertz CT molecular complexity index is 935. The SMILES string of the molecule is COCC(=O)N(Cc1cc(C(=O)NCc2ccc(C)cc2)no1)Cc1cccs1. The summed E-state index contributed by atoms with van der Waals surface area (Å²) in [5.41, 5.74) is 2.35. The van der Waals surface area contributed by atoms with Crippen LogP contribution in [0.15, 0.2) is 52.4 Å². The second-order valence-electron chi connectivity index (χ2n) is 6.61. The molecule has 0 bridgehead atoms. The standard InChI is InChI=1S/C21H23N3O4S/c1-15-5-7-16(8-6-15)11-22-21(26)19-10-17(28-23-19)12-24(20(25)14-27-2)13-18-4-3-9-29-18/h3-10H,11-14H2,1-2H3,(H,22,26). The van der Waals surface area contributed by atoms with Crippen molar-refractivity contribution < 1.29 is 18.8 Å². The van der Waals surface area contributed by atoms with Gasteiger partial charge in [0.2, 0.25) is 5.91 Å². The molecule has 0 radical (unpaired) electrons. The summed E-state index contributed by atoms with van der Waals surface area (Å²) < 4.78 is 10.3. The van der Waals surface area contributed by atoms with Crippen molar-refractivity contribution in [3.63, 3.8) is 0 Å². The van der Waals surface area contributed by atoms with Gasteiger partial charge in [-0.05, 0) is 23.9 Å². The molecule has 8 heteroatoms. The molecule has 0 spiro atoms. The second-order valence-corrected chi connectivity index (χ2v) is 7.64. The van der Waals surface area contributed by atoms with E-state index in [1.54, 1.807) is 22.3 Å². The van der Waals surface area contributed by atoms with Gasteiger partial charge in [0.25, 0.3) is 5.91 Å². The quantitative estimate of drug-likeness (QED) is 0.583. The Hall–Kier alpha value is -2.97. The number of aryl methyl sites for hydroxylation is 1. The van der Waals surface area contributed by atoms with Gasteiger partial charge in [-0.2, -0.15) is 0 Å². The van der Waals surface area contributed by atoms with Crippen LogP contribution in [0.5, 0.6) is 0 Å². The summed E-state index contributed by atoms with van der Waals surface area (Å²) in [5, 5.41) is 8.62. The average Bonchev–Trinajstić information content (AvgIpc) is 3.39. The number of methoxy groups -OCH3 is 1. The summed E-state index contributed by atoms with van der Waals surface area (Å²) >= 11 is 1.57. The van der Waals surface area contributed by atoms with Crippen LogP contribution < -0.4 is 5.32 Å². The minimum absolute atomic E-state index is 0.0244. The Morgan fingerprint density at radius 1 is 1.21 bits per heavy atom. The summed E-state index contributed by atoms with van der Waals surface area (Å²) in [4.78, 5) is 27.4. The highest BCUT2D eigenvalue weighted by Crippen LogP contribution is 2.15. The summed E-state index contributed by atoms with van der Waals surface area (Å²) in [6.07, 6.45) is 0. The topological polar surface area (TPSA) is 84.7 Å². The number of benzene rings is 1. The molecule has 0 aliphatic heterocycles. The van der Waals surface area contributed by atoms with Gasteiger partial charge in [0.1, 0.15) is 6.61 Å². The van der Waals surface area contributed by atoms with Crippen LogP contribution in [0.25, 0.3) is 0 Å². The van der Waals surface area contributed by atoms with E-state index in [1.807, 2.05) is 48.7 Å². The molecule has 2 aromatic heterocycles. The van der Waals surface area contributed by atoms with Crippen molar-refractivity contribution in [1.29, 1.82) is 0 Å². The number of nitrogens with one attached hydrogen (secondary N) is 1. The normalized spacial score (nSPS) is 10.7. The van der Waals surface area contributed by atoms with Crippen LogP contribution in [-0.4, -0.2) is 35.6 Å². The average molecular weight is 413 g/mol. The van der Waals surface area contributed by atoms with Gasteiger partial charge < -0.3 is 19.5 Å². The third-order valence-corrected chi connectivity index (χ3v) is 5.12. The number of thiophene rings is 1. The molecular formula is C21H23N3O4S. The summed E-state index contributed by atoms with van der Waals surface area (Å²) in [5.74, 6) is -0.0530. The number of nitrogens with zero attached hydrogens (tertiary/aromatic N) is 2. The number of hydrogen-bond donors (Lipinski definition) is 1. The second kappa shape index (κ2) is 9.99. The van der Waals surface area contributed by atoms with E-state index in [9.17, 15) is 9.59 Å². The minimum Gasteiger partial charge on any atom is -0.375 e. The third-order valence-electron chi connectivity index (χ3n) is 4.26. The lowest BCUT2D eigenvalue weighted by atomic mass is 10.1. The van der Waals surface area contributed by atoms with Crippen molar-refractivity contribution >= 4 is 23.2 Å². The number of hydrogen-bond acceptors (Lipinski definition) is 6. The molecule has 0 unspecified atom stereocenters. The van der Waals surface area contributed by atoms with Crippen LogP contribution in [0, 0.1) is 6.92 Å². The lowest BCUT2D eigenvalue weighted by Crippen LogP contribution is -2.32. The zero-order valence-electron chi connectivity index (χ0n) is 16.4. The van der Waals surface area contributed by atoms with Crippen molar-refractivity contribution in [3.8, 4) is 0 Å². The fourth-order valence-electron chi connectivity index (χ4n) is 2.70. The van der Waals surface area contributed by atoms with Gasteiger partial charge in [0.05, 0.1) is 13.1 Å². The predicted molar refractivity (Wildman–Crippen MR) is 109 cm³/mol. The van der Waals surface area contributed by atoms with E-state index in [-0.39, 0.29) is 30.7 Å². The minimum atomic E-state index is -0.325. The lowest BCUT2D eigenvalue weighted by molar-refractivity contribution is -0.136. The van der Waals surface area contributed by atoms with Crippen molar-refractivity contribution in [1.82, 2.24) is 15.4 Å². The Labute approximate surface area is 173 Å². The Balaban J connectivity index is 1.61. The van der Waals surface area contributed by atoms with E-state index in [2.05, 4.69) is 10.5 Å². The molecule has 1 aromatic carbocycles. The van der Waals surface area contributed by atoms with Gasteiger partial charge in [-0.25, -0.2) is 0 Å². The molecule has 0 saturated carbocycles. The van der Waals surface area contributed by atoms with Crippen molar-refractivity contribution in [3.05, 3.63) is 75.3 Å². The zero-order valence-corrected chi connectivity index (χ0v) is 17.2. The largest absolute Gasteiger partial charge is 0.375 e. The molecule has 29 heavy (non-hydrogen) atoms. The number of ether oxygens (including phenoxy) is 1. The van der Waals surface area contributed by atoms with E-state index in [0.29, 0.717) is 18.8 Å². The molecule has 0 aliphatic carbocycles. The van der Waals surface area contributed by atoms with E-state index < -0.39 is 0 Å². The van der Waals surface area contributed by atoms with Crippen molar-refractivity contribution in [2.75, 3.05) is 13.7 Å². The van der Waals surface area contributed by atoms with E-state index >= 15 is 0 Å². The Kier molecular flexibility index (Phi) is 7.15. The molecule has 0 saturated heterocycles. The van der Waals surface area contributed by atoms with Crippen LogP contribution in [-0.2, 0) is 29.2 Å².